The Morgan fingerprint density at radius 1 is 0.656 bits per heavy atom. The van der Waals surface area contributed by atoms with Crippen molar-refractivity contribution in [3.05, 3.63) is 153 Å². The molecule has 1 aliphatic heterocycles. The van der Waals surface area contributed by atoms with Gasteiger partial charge >= 0.3 is 33.7 Å². The number of alkyl carbamates (subject to hydrolysis) is 1. The van der Waals surface area contributed by atoms with Crippen molar-refractivity contribution in [1.29, 1.82) is 0 Å². The van der Waals surface area contributed by atoms with Crippen LogP contribution in [0.4, 0.5) is 4.79 Å². The summed E-state index contributed by atoms with van der Waals surface area (Å²) < 4.78 is 107. The first-order valence-electron chi connectivity index (χ1n) is 44.0. The van der Waals surface area contributed by atoms with Crippen LogP contribution in [0.15, 0.2) is 130 Å². The number of cyclic esters (lactones) is 2. The van der Waals surface area contributed by atoms with Gasteiger partial charge in [0.15, 0.2) is 21.7 Å². The highest BCUT2D eigenvalue weighted by Crippen LogP contribution is 2.60. The number of likely N-dealkylation sites (N-methyl/N-ethyl adjacent to an activating group) is 2. The Morgan fingerprint density at radius 3 is 1.78 bits per heavy atom. The van der Waals surface area contributed by atoms with E-state index in [1.165, 1.54) is 77.0 Å². The van der Waals surface area contributed by atoms with Crippen LogP contribution in [0, 0.1) is 37.5 Å². The second-order valence-electron chi connectivity index (χ2n) is 32.6. The van der Waals surface area contributed by atoms with E-state index in [0.29, 0.717) is 46.5 Å². The van der Waals surface area contributed by atoms with Gasteiger partial charge in [-0.15, -0.1) is 11.8 Å². The zero-order valence-corrected chi connectivity index (χ0v) is 81.6. The molecule has 0 saturated carbocycles. The third-order valence-corrected chi connectivity index (χ3v) is 27.2. The molecule has 0 fully saturated rings. The number of carbonyl (C=O) groups excluding carboxylic acids is 11. The van der Waals surface area contributed by atoms with Crippen LogP contribution in [0.5, 0.6) is 0 Å². The predicted octanol–water partition coefficient (Wildman–Crippen LogP) is 10.9. The number of phosphoric ester groups is 2. The molecule has 8 amide bonds. The number of ketones is 1. The molecule has 0 radical (unpaired) electrons. The Bertz CT molecular complexity index is 4630. The summed E-state index contributed by atoms with van der Waals surface area (Å²) in [4.78, 5) is 176. The molecule has 0 aliphatic carbocycles. The standard InChI is InChI=1S/C91H133ClN8O27P2S2/c1-15-63(7)81-86(106)97-68(12)90(110)126-83(64(8)16-2)66(10)77(40-27-65(9)89(109)124-78(55-60(3)4)85(105)96-67(11)87(107)100(14)76(56-69-28-34-73(92)35-29-69)88(108)99(13)57-80(102)98-81)125-91(111)95-43-20-18-22-46-123-129(114,115)127-128(112,113)122-45-21-17-19-42-93-79(101)41-47-118-49-51-120-53-54-121-52-50-119-48-44-94-84(104)71-32-30-70(31-33-71)82(103)72(58-130-74-36-23-61(5)24-37-74)59-131(116,117)75-38-25-62(6)26-39-75/h16,23-39,60,63,66-68,72,76-78,81,83H,15,17-22,40-59H2,1-14H3,(H,93,101)(H,94,104)(H,95,111)(H,96,105)(H,97,106)(H,98,102)(H,112,113)(H,114,115)/b64-16-,65-27-/t63?,66-,67-,68+,72?,76+,77+,78+,81-,83+/m1/s1. The monoisotopic (exact) mass is 1930 g/mol. The van der Waals surface area contributed by atoms with Gasteiger partial charge in [-0.2, -0.15) is 4.31 Å². The van der Waals surface area contributed by atoms with Crippen molar-refractivity contribution in [3.8, 4) is 0 Å². The number of allylic oxidation sites excluding steroid dienone is 1. The molecule has 1 heterocycles. The van der Waals surface area contributed by atoms with E-state index in [-0.39, 0.29) is 176 Å². The molecule has 728 valence electrons. The number of esters is 2. The first kappa shape index (κ1) is 113. The predicted molar refractivity (Wildman–Crippen MR) is 493 cm³/mol. The lowest BCUT2D eigenvalue weighted by Crippen LogP contribution is -2.57. The van der Waals surface area contributed by atoms with Crippen LogP contribution in [-0.4, -0.2) is 253 Å². The number of thioether (sulfide) groups is 1. The number of amides is 8. The maximum absolute atomic E-state index is 14.4. The summed E-state index contributed by atoms with van der Waals surface area (Å²) in [7, 11) is -11.3. The number of hydrogen-bond acceptors (Lipinski definition) is 26. The Balaban J connectivity index is 0.978. The Kier molecular flexibility index (Phi) is 50.2. The van der Waals surface area contributed by atoms with Crippen LogP contribution < -0.4 is 31.9 Å². The van der Waals surface area contributed by atoms with Crippen LogP contribution in [0.25, 0.3) is 0 Å². The molecule has 4 aromatic carbocycles. The summed E-state index contributed by atoms with van der Waals surface area (Å²) in [5.74, 6) is -9.04. The molecule has 0 saturated heterocycles. The molecule has 0 spiro atoms. The molecule has 1 aliphatic rings. The topological polar surface area (TPSA) is 467 Å². The Hall–Kier alpha value is -8.78. The van der Waals surface area contributed by atoms with Crippen LogP contribution in [0.2, 0.25) is 5.02 Å². The molecule has 4 unspecified atom stereocenters. The second-order valence-corrected chi connectivity index (χ2v) is 39.2. The molecule has 12 atom stereocenters. The van der Waals surface area contributed by atoms with Gasteiger partial charge < -0.3 is 84.6 Å². The minimum Gasteiger partial charge on any atom is -0.456 e. The zero-order valence-electron chi connectivity index (χ0n) is 77.4. The summed E-state index contributed by atoms with van der Waals surface area (Å²) in [5.41, 5.74) is 3.71. The highest BCUT2D eigenvalue weighted by molar-refractivity contribution is 7.99. The summed E-state index contributed by atoms with van der Waals surface area (Å²) in [6, 6.07) is 22.0. The minimum absolute atomic E-state index is 0.00604. The third-order valence-electron chi connectivity index (χ3n) is 21.3. The maximum Gasteiger partial charge on any atom is 0.481 e. The van der Waals surface area contributed by atoms with Crippen molar-refractivity contribution in [1.82, 2.24) is 41.7 Å². The van der Waals surface area contributed by atoms with Crippen molar-refractivity contribution in [2.75, 3.05) is 118 Å². The smallest absolute Gasteiger partial charge is 0.456 e. The van der Waals surface area contributed by atoms with E-state index in [2.05, 4.69) is 36.2 Å². The van der Waals surface area contributed by atoms with E-state index in [1.807, 2.05) is 38.1 Å². The molecular formula is C91H133ClN8O27P2S2. The van der Waals surface area contributed by atoms with E-state index in [0.717, 1.165) is 25.8 Å². The highest BCUT2D eigenvalue weighted by atomic mass is 35.5. The number of nitrogens with zero attached hydrogens (tertiary/aromatic N) is 2. The molecule has 8 N–H and O–H groups in total. The van der Waals surface area contributed by atoms with Crippen molar-refractivity contribution < 1.29 is 127 Å². The number of hydrogen-bond donors (Lipinski definition) is 8. The van der Waals surface area contributed by atoms with Gasteiger partial charge in [-0.3, -0.25) is 47.4 Å². The number of sulfone groups is 1. The largest absolute Gasteiger partial charge is 0.481 e. The second kappa shape index (κ2) is 58.4. The lowest BCUT2D eigenvalue weighted by molar-refractivity contribution is -0.155. The molecule has 4 aromatic rings. The molecule has 35 nitrogen and oxygen atoms in total. The van der Waals surface area contributed by atoms with Gasteiger partial charge in [0, 0.05) is 97.2 Å². The SMILES string of the molecule is C/C=C(/C)[C@@H]1OC(=O)[C@H](C)NC(=O)[C@@H](C(C)CC)NC(=O)CN(C)C(=O)[C@H](Cc2ccc(Cl)cc2)N(C)C(=O)[C@@H](C)NC(=O)[C@H](CC(C)C)OC(=O)/C(C)=C\C[C@H](OC(=O)NCCCCCOP(=O)(O)OP(=O)(O)OCCCCCNC(=O)CCOCCOCCOCCOCCNC(=O)c2ccc(C(=O)C(CSc3ccc(C)cc3)CS(=O)(=O)c3ccc(C)cc3)cc2)[C@H]1C. The number of unbranched alkanes of at least 4 members (excludes halogenated alkanes) is 4. The number of carbonyl (C=O) groups is 11. The van der Waals surface area contributed by atoms with E-state index in [9.17, 15) is 80.1 Å². The minimum atomic E-state index is -5.12. The van der Waals surface area contributed by atoms with Crippen LogP contribution in [0.3, 0.4) is 0 Å². The van der Waals surface area contributed by atoms with Crippen molar-refractivity contribution >= 4 is 114 Å². The summed E-state index contributed by atoms with van der Waals surface area (Å²) in [6.07, 6.45) is 0.491. The van der Waals surface area contributed by atoms with Crippen molar-refractivity contribution in [2.24, 2.45) is 23.7 Å². The van der Waals surface area contributed by atoms with Crippen LogP contribution in [-0.2, 0) is 110 Å². The fourth-order valence-corrected chi connectivity index (χ4v) is 18.1. The number of ether oxygens (including phenoxy) is 7. The van der Waals surface area contributed by atoms with Gasteiger partial charge in [0.05, 0.1) is 83.3 Å². The van der Waals surface area contributed by atoms with Gasteiger partial charge in [0.25, 0.3) is 11.8 Å². The normalized spacial score (nSPS) is 20.6. The van der Waals surface area contributed by atoms with Gasteiger partial charge in [-0.1, -0.05) is 124 Å². The van der Waals surface area contributed by atoms with Gasteiger partial charge in [-0.25, -0.2) is 31.9 Å². The average molecular weight is 1930 g/mol. The van der Waals surface area contributed by atoms with Gasteiger partial charge in [0.2, 0.25) is 29.5 Å². The molecule has 0 aromatic heterocycles. The molecular weight excluding hydrogens is 1800 g/mol. The summed E-state index contributed by atoms with van der Waals surface area (Å²) in [5, 5.41) is 16.6. The van der Waals surface area contributed by atoms with Crippen molar-refractivity contribution in [3.63, 3.8) is 0 Å². The number of rotatable bonds is 48. The van der Waals surface area contributed by atoms with E-state index in [4.69, 9.17) is 53.8 Å². The maximum atomic E-state index is 14.4. The molecule has 40 heteroatoms. The van der Waals surface area contributed by atoms with E-state index >= 15 is 0 Å². The number of halogens is 1. The van der Waals surface area contributed by atoms with Crippen LogP contribution in [0.1, 0.15) is 171 Å². The summed E-state index contributed by atoms with van der Waals surface area (Å²) in [6.45, 7) is 21.3. The average Bonchev–Trinajstić information content (AvgIpc) is 0.820. The Morgan fingerprint density at radius 2 is 1.21 bits per heavy atom. The first-order chi connectivity index (χ1) is 62.0. The Labute approximate surface area is 778 Å². The fraction of sp³-hybridized carbons (Fsp3) is 0.571. The van der Waals surface area contributed by atoms with E-state index < -0.39 is 146 Å². The molecule has 0 bridgehead atoms. The van der Waals surface area contributed by atoms with E-state index in [1.54, 1.807) is 103 Å². The summed E-state index contributed by atoms with van der Waals surface area (Å²) >= 11 is 7.59. The molecule has 5 rings (SSSR count). The number of aryl methyl sites for hydroxylation is 2. The highest BCUT2D eigenvalue weighted by Gasteiger charge is 2.40. The quantitative estimate of drug-likeness (QED) is 0.00387. The number of phosphoric acid groups is 2. The van der Waals surface area contributed by atoms with Crippen molar-refractivity contribution in [2.45, 2.75) is 206 Å². The zero-order chi connectivity index (χ0) is 97.0. The number of Topliss-reactive ketones (excluding diaryl/α,β-unsaturated/α-hetero) is 1. The first-order valence-corrected chi connectivity index (χ1v) is 50.0. The third kappa shape index (κ3) is 42.1. The number of benzene rings is 4. The van der Waals surface area contributed by atoms with Gasteiger partial charge in [-0.05, 0) is 165 Å². The number of nitrogens with one attached hydrogen (secondary N) is 6. The fourth-order valence-electron chi connectivity index (χ4n) is 13.2. The van der Waals surface area contributed by atoms with Gasteiger partial charge in [0.1, 0.15) is 36.4 Å². The lowest BCUT2D eigenvalue weighted by atomic mass is 9.90. The van der Waals surface area contributed by atoms with Crippen LogP contribution >= 0.6 is 39.0 Å². The lowest BCUT2D eigenvalue weighted by Gasteiger charge is -2.33. The molecule has 131 heavy (non-hydrogen) atoms.